The number of nitrogens with zero attached hydrogens (tertiary/aromatic N) is 3. The lowest BCUT2D eigenvalue weighted by molar-refractivity contribution is -0.128. The molecule has 0 N–H and O–H groups in total. The molecule has 2 aliphatic heterocycles. The van der Waals surface area contributed by atoms with E-state index < -0.39 is 5.82 Å². The number of anilines is 1. The molecule has 4 rings (SSSR count). The summed E-state index contributed by atoms with van der Waals surface area (Å²) < 4.78 is 24.9. The van der Waals surface area contributed by atoms with Crippen molar-refractivity contribution in [2.45, 2.75) is 4.90 Å². The van der Waals surface area contributed by atoms with E-state index in [4.69, 9.17) is 9.47 Å². The third-order valence-corrected chi connectivity index (χ3v) is 5.93. The lowest BCUT2D eigenvalue weighted by Gasteiger charge is -2.36. The van der Waals surface area contributed by atoms with Crippen molar-refractivity contribution in [1.29, 1.82) is 5.26 Å². The molecule has 2 heterocycles. The van der Waals surface area contributed by atoms with Crippen LogP contribution < -0.4 is 14.4 Å². The quantitative estimate of drug-likeness (QED) is 0.718. The van der Waals surface area contributed by atoms with E-state index in [0.717, 1.165) is 10.6 Å². The summed E-state index contributed by atoms with van der Waals surface area (Å²) in [6, 6.07) is 12.3. The van der Waals surface area contributed by atoms with Crippen LogP contribution in [0.4, 0.5) is 10.1 Å². The molecule has 0 bridgehead atoms. The number of carbonyl (C=O) groups excluding carboxylic acids is 1. The summed E-state index contributed by atoms with van der Waals surface area (Å²) in [5, 5.41) is 9.22. The number of rotatable bonds is 4. The summed E-state index contributed by atoms with van der Waals surface area (Å²) >= 11 is 1.47. The van der Waals surface area contributed by atoms with Crippen LogP contribution in [0.1, 0.15) is 5.56 Å². The lowest BCUT2D eigenvalue weighted by atomic mass is 10.1. The number of benzene rings is 2. The van der Waals surface area contributed by atoms with Crippen molar-refractivity contribution >= 4 is 23.4 Å². The lowest BCUT2D eigenvalue weighted by Crippen LogP contribution is -2.49. The number of fused-ring (bicyclic) bond motifs is 1. The van der Waals surface area contributed by atoms with Crippen molar-refractivity contribution in [2.75, 3.05) is 50.0 Å². The molecular weight excluding hydrogens is 393 g/mol. The molecule has 150 valence electrons. The van der Waals surface area contributed by atoms with Gasteiger partial charge in [-0.05, 0) is 30.3 Å². The first-order chi connectivity index (χ1) is 14.2. The zero-order chi connectivity index (χ0) is 20.2. The molecule has 2 aromatic carbocycles. The van der Waals surface area contributed by atoms with E-state index in [2.05, 4.69) is 0 Å². The van der Waals surface area contributed by atoms with Gasteiger partial charge in [0.05, 0.1) is 11.4 Å². The molecule has 8 heteroatoms. The van der Waals surface area contributed by atoms with Crippen LogP contribution in [0.15, 0.2) is 41.3 Å². The highest BCUT2D eigenvalue weighted by Gasteiger charge is 2.24. The number of halogens is 1. The molecule has 0 aromatic heterocycles. The zero-order valence-electron chi connectivity index (χ0n) is 15.8. The summed E-state index contributed by atoms with van der Waals surface area (Å²) in [6.07, 6.45) is 0. The van der Waals surface area contributed by atoms with Crippen LogP contribution >= 0.6 is 11.8 Å². The fourth-order valence-corrected chi connectivity index (χ4v) is 4.26. The second kappa shape index (κ2) is 8.62. The SMILES string of the molecule is N#Cc1c(F)cccc1N1CCN(C(=O)CSc2ccc3c(c2)OCCO3)CC1. The number of amides is 1. The van der Waals surface area contributed by atoms with Crippen LogP contribution in [0.25, 0.3) is 0 Å². The second-order valence-corrected chi connectivity index (χ2v) is 7.76. The average Bonchev–Trinajstić information content (AvgIpc) is 2.77. The molecule has 0 atom stereocenters. The predicted octanol–water partition coefficient (Wildman–Crippen LogP) is 2.91. The Morgan fingerprint density at radius 1 is 1.10 bits per heavy atom. The van der Waals surface area contributed by atoms with E-state index in [1.165, 1.54) is 17.8 Å². The Balaban J connectivity index is 1.32. The first-order valence-corrected chi connectivity index (χ1v) is 10.4. The van der Waals surface area contributed by atoms with Crippen molar-refractivity contribution in [3.05, 3.63) is 47.8 Å². The van der Waals surface area contributed by atoms with Crippen LogP contribution in [-0.4, -0.2) is 56.0 Å². The van der Waals surface area contributed by atoms with E-state index in [1.54, 1.807) is 12.1 Å². The normalized spacial score (nSPS) is 15.7. The number of piperazine rings is 1. The number of nitriles is 1. The molecule has 1 fully saturated rings. The largest absolute Gasteiger partial charge is 0.486 e. The Morgan fingerprint density at radius 2 is 1.86 bits per heavy atom. The van der Waals surface area contributed by atoms with Gasteiger partial charge in [0, 0.05) is 31.1 Å². The Kier molecular flexibility index (Phi) is 5.76. The second-order valence-electron chi connectivity index (χ2n) is 6.71. The van der Waals surface area contributed by atoms with Crippen molar-refractivity contribution in [1.82, 2.24) is 4.90 Å². The van der Waals surface area contributed by atoms with Gasteiger partial charge in [0.25, 0.3) is 0 Å². The number of hydrogen-bond donors (Lipinski definition) is 0. The summed E-state index contributed by atoms with van der Waals surface area (Å²) in [5.41, 5.74) is 0.645. The standard InChI is InChI=1S/C21H20FN3O3S/c22-17-2-1-3-18(16(17)13-23)24-6-8-25(9-7-24)21(26)14-29-15-4-5-19-20(12-15)28-11-10-27-19/h1-5,12H,6-11,14H2. The molecule has 0 saturated carbocycles. The highest BCUT2D eigenvalue weighted by molar-refractivity contribution is 8.00. The zero-order valence-corrected chi connectivity index (χ0v) is 16.6. The van der Waals surface area contributed by atoms with Gasteiger partial charge in [-0.3, -0.25) is 4.79 Å². The summed E-state index contributed by atoms with van der Waals surface area (Å²) in [4.78, 5) is 17.3. The van der Waals surface area contributed by atoms with Crippen LogP contribution in [-0.2, 0) is 4.79 Å². The average molecular weight is 413 g/mol. The minimum atomic E-state index is -0.515. The summed E-state index contributed by atoms with van der Waals surface area (Å²) in [7, 11) is 0. The first-order valence-electron chi connectivity index (χ1n) is 9.39. The van der Waals surface area contributed by atoms with Gasteiger partial charge in [-0.2, -0.15) is 5.26 Å². The maximum absolute atomic E-state index is 13.8. The monoisotopic (exact) mass is 413 g/mol. The Bertz CT molecular complexity index is 955. The maximum atomic E-state index is 13.8. The van der Waals surface area contributed by atoms with E-state index in [9.17, 15) is 14.4 Å². The summed E-state index contributed by atoms with van der Waals surface area (Å²) in [5.74, 6) is 1.33. The third kappa shape index (κ3) is 4.25. The van der Waals surface area contributed by atoms with Crippen LogP contribution in [0.5, 0.6) is 11.5 Å². The van der Waals surface area contributed by atoms with Crippen LogP contribution in [0.2, 0.25) is 0 Å². The van der Waals surface area contributed by atoms with Crippen molar-refractivity contribution in [3.63, 3.8) is 0 Å². The van der Waals surface area contributed by atoms with Crippen molar-refractivity contribution < 1.29 is 18.7 Å². The molecule has 0 radical (unpaired) electrons. The van der Waals surface area contributed by atoms with Gasteiger partial charge in [-0.15, -0.1) is 11.8 Å². The topological polar surface area (TPSA) is 65.8 Å². The smallest absolute Gasteiger partial charge is 0.233 e. The highest BCUT2D eigenvalue weighted by Crippen LogP contribution is 2.34. The van der Waals surface area contributed by atoms with Gasteiger partial charge in [0.2, 0.25) is 5.91 Å². The van der Waals surface area contributed by atoms with Gasteiger partial charge >= 0.3 is 0 Å². The number of hydrogen-bond acceptors (Lipinski definition) is 6. The molecule has 1 saturated heterocycles. The fraction of sp³-hybridized carbons (Fsp3) is 0.333. The van der Waals surface area contributed by atoms with E-state index in [-0.39, 0.29) is 11.5 Å². The molecule has 2 aliphatic rings. The summed E-state index contributed by atoms with van der Waals surface area (Å²) in [6.45, 7) is 3.31. The fourth-order valence-electron chi connectivity index (χ4n) is 3.43. The molecule has 6 nitrogen and oxygen atoms in total. The Morgan fingerprint density at radius 3 is 2.62 bits per heavy atom. The van der Waals surface area contributed by atoms with Gasteiger partial charge in [-0.25, -0.2) is 4.39 Å². The third-order valence-electron chi connectivity index (χ3n) is 4.95. The Labute approximate surface area is 172 Å². The molecule has 2 aromatic rings. The minimum Gasteiger partial charge on any atom is -0.486 e. The van der Waals surface area contributed by atoms with Gasteiger partial charge in [-0.1, -0.05) is 6.07 Å². The molecular formula is C21H20FN3O3S. The number of ether oxygens (including phenoxy) is 2. The van der Waals surface area contributed by atoms with Crippen LogP contribution in [0, 0.1) is 17.1 Å². The van der Waals surface area contributed by atoms with Gasteiger partial charge in [0.15, 0.2) is 11.5 Å². The predicted molar refractivity (Wildman–Crippen MR) is 108 cm³/mol. The van der Waals surface area contributed by atoms with Crippen molar-refractivity contribution in [3.8, 4) is 17.6 Å². The van der Waals surface area contributed by atoms with Gasteiger partial charge in [0.1, 0.15) is 30.7 Å². The molecule has 0 aliphatic carbocycles. The van der Waals surface area contributed by atoms with E-state index in [0.29, 0.717) is 56.6 Å². The van der Waals surface area contributed by atoms with Crippen molar-refractivity contribution in [2.24, 2.45) is 0 Å². The minimum absolute atomic E-state index is 0.0569. The van der Waals surface area contributed by atoms with Crippen LogP contribution in [0.3, 0.4) is 0 Å². The number of carbonyl (C=O) groups is 1. The maximum Gasteiger partial charge on any atom is 0.233 e. The van der Waals surface area contributed by atoms with E-state index >= 15 is 0 Å². The molecule has 29 heavy (non-hydrogen) atoms. The molecule has 1 amide bonds. The molecule has 0 spiro atoms. The van der Waals surface area contributed by atoms with Gasteiger partial charge < -0.3 is 19.3 Å². The number of thioether (sulfide) groups is 1. The molecule has 0 unspecified atom stereocenters. The highest BCUT2D eigenvalue weighted by atomic mass is 32.2. The van der Waals surface area contributed by atoms with E-state index in [1.807, 2.05) is 34.1 Å². The first kappa shape index (κ1) is 19.4. The Hall–Kier alpha value is -2.92.